The molecule has 3 heteroatoms. The van der Waals surface area contributed by atoms with Gasteiger partial charge in [-0.15, -0.1) is 0 Å². The van der Waals surface area contributed by atoms with Crippen LogP contribution in [0.25, 0.3) is 5.57 Å². The van der Waals surface area contributed by atoms with Crippen LogP contribution in [0.1, 0.15) is 25.8 Å². The van der Waals surface area contributed by atoms with Crippen molar-refractivity contribution in [3.8, 4) is 0 Å². The monoisotopic (exact) mass is 232 g/mol. The van der Waals surface area contributed by atoms with Crippen LogP contribution in [0.5, 0.6) is 0 Å². The molecule has 0 bridgehead atoms. The van der Waals surface area contributed by atoms with Crippen LogP contribution >= 0.6 is 0 Å². The van der Waals surface area contributed by atoms with Crippen molar-refractivity contribution in [2.75, 3.05) is 0 Å². The van der Waals surface area contributed by atoms with E-state index >= 15 is 0 Å². The third-order valence-corrected chi connectivity index (χ3v) is 2.44. The zero-order valence-electron chi connectivity index (χ0n) is 10.4. The van der Waals surface area contributed by atoms with Crippen molar-refractivity contribution in [3.05, 3.63) is 42.0 Å². The minimum absolute atomic E-state index is 0.174. The molecular formula is C14H20N2O. The lowest BCUT2D eigenvalue weighted by Crippen LogP contribution is -2.29. The Morgan fingerprint density at radius 1 is 1.29 bits per heavy atom. The number of hydrogen-bond acceptors (Lipinski definition) is 2. The van der Waals surface area contributed by atoms with Crippen molar-refractivity contribution < 1.29 is 4.79 Å². The first-order valence-corrected chi connectivity index (χ1v) is 5.81. The SMILES string of the molecule is CC(C)/C=C(/c1ccccc1)C(N)CC(N)=O. The molecule has 0 radical (unpaired) electrons. The Bertz CT molecular complexity index is 396. The molecule has 0 aliphatic heterocycles. The molecule has 92 valence electrons. The van der Waals surface area contributed by atoms with Gasteiger partial charge in [0.15, 0.2) is 0 Å². The molecule has 1 aromatic rings. The van der Waals surface area contributed by atoms with Gasteiger partial charge in [0.25, 0.3) is 0 Å². The molecule has 1 aromatic carbocycles. The smallest absolute Gasteiger partial charge is 0.219 e. The van der Waals surface area contributed by atoms with Crippen LogP contribution in [0.3, 0.4) is 0 Å². The molecule has 0 heterocycles. The lowest BCUT2D eigenvalue weighted by atomic mass is 9.93. The van der Waals surface area contributed by atoms with Crippen LogP contribution in [-0.2, 0) is 4.79 Å². The van der Waals surface area contributed by atoms with E-state index in [9.17, 15) is 4.79 Å². The van der Waals surface area contributed by atoms with Gasteiger partial charge in [-0.2, -0.15) is 0 Å². The van der Waals surface area contributed by atoms with E-state index in [-0.39, 0.29) is 18.4 Å². The second-order valence-corrected chi connectivity index (χ2v) is 4.51. The number of allylic oxidation sites excluding steroid dienone is 1. The molecule has 1 atom stereocenters. The first-order valence-electron chi connectivity index (χ1n) is 5.81. The molecule has 1 rings (SSSR count). The molecule has 17 heavy (non-hydrogen) atoms. The highest BCUT2D eigenvalue weighted by molar-refractivity contribution is 5.80. The fourth-order valence-electron chi connectivity index (χ4n) is 1.75. The summed E-state index contributed by atoms with van der Waals surface area (Å²) in [6, 6.07) is 9.53. The van der Waals surface area contributed by atoms with E-state index in [1.54, 1.807) is 0 Å². The Morgan fingerprint density at radius 2 is 1.88 bits per heavy atom. The zero-order valence-corrected chi connectivity index (χ0v) is 10.4. The summed E-state index contributed by atoms with van der Waals surface area (Å²) in [5.74, 6) is 0.00669. The van der Waals surface area contributed by atoms with Gasteiger partial charge in [-0.3, -0.25) is 4.79 Å². The van der Waals surface area contributed by atoms with E-state index in [0.29, 0.717) is 5.92 Å². The van der Waals surface area contributed by atoms with Crippen molar-refractivity contribution in [2.24, 2.45) is 17.4 Å². The van der Waals surface area contributed by atoms with Crippen molar-refractivity contribution in [1.29, 1.82) is 0 Å². The molecule has 4 N–H and O–H groups in total. The third-order valence-electron chi connectivity index (χ3n) is 2.44. The summed E-state index contributed by atoms with van der Waals surface area (Å²) < 4.78 is 0. The number of benzene rings is 1. The van der Waals surface area contributed by atoms with E-state index in [1.807, 2.05) is 30.3 Å². The van der Waals surface area contributed by atoms with E-state index in [4.69, 9.17) is 11.5 Å². The molecule has 0 saturated heterocycles. The van der Waals surface area contributed by atoms with Crippen molar-refractivity contribution in [1.82, 2.24) is 0 Å². The van der Waals surface area contributed by atoms with Crippen LogP contribution in [0.4, 0.5) is 0 Å². The van der Waals surface area contributed by atoms with Crippen LogP contribution in [0, 0.1) is 5.92 Å². The minimum atomic E-state index is -0.372. The fourth-order valence-corrected chi connectivity index (χ4v) is 1.75. The van der Waals surface area contributed by atoms with Gasteiger partial charge < -0.3 is 11.5 Å². The summed E-state index contributed by atoms with van der Waals surface area (Å²) in [6.07, 6.45) is 2.26. The lowest BCUT2D eigenvalue weighted by Gasteiger charge is -2.16. The zero-order chi connectivity index (χ0) is 12.8. The van der Waals surface area contributed by atoms with E-state index in [2.05, 4.69) is 19.9 Å². The average molecular weight is 232 g/mol. The van der Waals surface area contributed by atoms with Gasteiger partial charge in [-0.1, -0.05) is 50.3 Å². The number of carbonyl (C=O) groups excluding carboxylic acids is 1. The molecule has 0 aromatic heterocycles. The van der Waals surface area contributed by atoms with Crippen molar-refractivity contribution >= 4 is 11.5 Å². The predicted octanol–water partition coefficient (Wildman–Crippen LogP) is 1.93. The van der Waals surface area contributed by atoms with Crippen LogP contribution in [0.2, 0.25) is 0 Å². The standard InChI is InChI=1S/C14H20N2O/c1-10(2)8-12(13(15)9-14(16)17)11-6-4-3-5-7-11/h3-8,10,13H,9,15H2,1-2H3,(H2,16,17)/b12-8-. The fraction of sp³-hybridized carbons (Fsp3) is 0.357. The number of rotatable bonds is 5. The quantitative estimate of drug-likeness (QED) is 0.814. The maximum absolute atomic E-state index is 10.9. The molecule has 0 fully saturated rings. The molecule has 3 nitrogen and oxygen atoms in total. The largest absolute Gasteiger partial charge is 0.370 e. The lowest BCUT2D eigenvalue weighted by molar-refractivity contribution is -0.118. The summed E-state index contributed by atoms with van der Waals surface area (Å²) >= 11 is 0. The van der Waals surface area contributed by atoms with E-state index < -0.39 is 0 Å². The Morgan fingerprint density at radius 3 is 2.35 bits per heavy atom. The first-order chi connectivity index (χ1) is 8.00. The summed E-state index contributed by atoms with van der Waals surface area (Å²) in [5.41, 5.74) is 13.3. The maximum atomic E-state index is 10.9. The summed E-state index contributed by atoms with van der Waals surface area (Å²) in [7, 11) is 0. The van der Waals surface area contributed by atoms with Gasteiger partial charge in [-0.05, 0) is 17.1 Å². The summed E-state index contributed by atoms with van der Waals surface area (Å²) in [6.45, 7) is 4.17. The molecule has 0 saturated carbocycles. The molecular weight excluding hydrogens is 212 g/mol. The third kappa shape index (κ3) is 4.41. The molecule has 0 aliphatic rings. The predicted molar refractivity (Wildman–Crippen MR) is 71.0 cm³/mol. The normalized spacial score (nSPS) is 13.8. The second-order valence-electron chi connectivity index (χ2n) is 4.51. The Hall–Kier alpha value is -1.61. The second kappa shape index (κ2) is 6.21. The average Bonchev–Trinajstić information content (AvgIpc) is 2.25. The van der Waals surface area contributed by atoms with Gasteiger partial charge in [-0.25, -0.2) is 0 Å². The summed E-state index contributed by atoms with van der Waals surface area (Å²) in [5, 5.41) is 0. The highest BCUT2D eigenvalue weighted by atomic mass is 16.1. The number of nitrogens with two attached hydrogens (primary N) is 2. The Kier molecular flexibility index (Phi) is 4.91. The number of primary amides is 1. The minimum Gasteiger partial charge on any atom is -0.370 e. The number of carbonyl (C=O) groups is 1. The molecule has 1 unspecified atom stereocenters. The Balaban J connectivity index is 3.01. The van der Waals surface area contributed by atoms with Crippen LogP contribution < -0.4 is 11.5 Å². The van der Waals surface area contributed by atoms with E-state index in [1.165, 1.54) is 0 Å². The summed E-state index contributed by atoms with van der Waals surface area (Å²) in [4.78, 5) is 10.9. The van der Waals surface area contributed by atoms with Crippen LogP contribution in [-0.4, -0.2) is 11.9 Å². The van der Waals surface area contributed by atoms with Gasteiger partial charge in [0.2, 0.25) is 5.91 Å². The first kappa shape index (κ1) is 13.5. The number of amides is 1. The van der Waals surface area contributed by atoms with Crippen molar-refractivity contribution in [2.45, 2.75) is 26.3 Å². The van der Waals surface area contributed by atoms with Crippen molar-refractivity contribution in [3.63, 3.8) is 0 Å². The Labute approximate surface area is 103 Å². The topological polar surface area (TPSA) is 69.1 Å². The highest BCUT2D eigenvalue weighted by Gasteiger charge is 2.14. The van der Waals surface area contributed by atoms with Crippen LogP contribution in [0.15, 0.2) is 36.4 Å². The highest BCUT2D eigenvalue weighted by Crippen LogP contribution is 2.21. The maximum Gasteiger partial charge on any atom is 0.219 e. The number of hydrogen-bond donors (Lipinski definition) is 2. The van der Waals surface area contributed by atoms with Gasteiger partial charge in [0.05, 0.1) is 0 Å². The van der Waals surface area contributed by atoms with E-state index in [0.717, 1.165) is 11.1 Å². The molecule has 1 amide bonds. The van der Waals surface area contributed by atoms with Gasteiger partial charge >= 0.3 is 0 Å². The molecule has 0 aliphatic carbocycles. The molecule has 0 spiro atoms. The van der Waals surface area contributed by atoms with Gasteiger partial charge in [0, 0.05) is 12.5 Å². The van der Waals surface area contributed by atoms with Gasteiger partial charge in [0.1, 0.15) is 0 Å².